The van der Waals surface area contributed by atoms with E-state index in [-0.39, 0.29) is 5.69 Å². The van der Waals surface area contributed by atoms with Gasteiger partial charge in [-0.1, -0.05) is 0 Å². The van der Waals surface area contributed by atoms with Crippen LogP contribution in [0.5, 0.6) is 5.88 Å². The number of aromatic nitrogens is 2. The zero-order valence-corrected chi connectivity index (χ0v) is 8.51. The fourth-order valence-electron chi connectivity index (χ4n) is 1.15. The number of carbonyl (C=O) groups excluding carboxylic acids is 1. The molecule has 0 atom stereocenters. The van der Waals surface area contributed by atoms with E-state index in [0.717, 1.165) is 0 Å². The van der Waals surface area contributed by atoms with Crippen LogP contribution in [0.25, 0.3) is 11.5 Å². The van der Waals surface area contributed by atoms with Crippen molar-refractivity contribution in [2.45, 2.75) is 0 Å². The molecule has 0 fully saturated rings. The molecule has 0 aliphatic rings. The van der Waals surface area contributed by atoms with E-state index in [0.29, 0.717) is 17.3 Å². The Balaban J connectivity index is 2.31. The van der Waals surface area contributed by atoms with Gasteiger partial charge in [0.1, 0.15) is 6.26 Å². The van der Waals surface area contributed by atoms with Gasteiger partial charge in [-0.05, 0) is 6.07 Å². The van der Waals surface area contributed by atoms with E-state index >= 15 is 0 Å². The van der Waals surface area contributed by atoms with E-state index in [1.165, 1.54) is 19.6 Å². The summed E-state index contributed by atoms with van der Waals surface area (Å²) in [5, 5.41) is 0. The van der Waals surface area contributed by atoms with Crippen LogP contribution in [-0.2, 0) is 0 Å². The molecule has 0 saturated heterocycles. The summed E-state index contributed by atoms with van der Waals surface area (Å²) in [5.74, 6) is 0.158. The number of oxazole rings is 1. The molecular weight excluding hydrogens is 210 g/mol. The Morgan fingerprint density at radius 2 is 2.31 bits per heavy atom. The van der Waals surface area contributed by atoms with Gasteiger partial charge in [0.05, 0.1) is 12.7 Å². The third-order valence-corrected chi connectivity index (χ3v) is 1.95. The highest BCUT2D eigenvalue weighted by atomic mass is 16.5. The van der Waals surface area contributed by atoms with Gasteiger partial charge in [-0.15, -0.1) is 0 Å². The van der Waals surface area contributed by atoms with Gasteiger partial charge in [-0.2, -0.15) is 0 Å². The van der Waals surface area contributed by atoms with Crippen molar-refractivity contribution >= 4 is 5.91 Å². The standard InChI is InChI=1S/C10H9N3O3/c1-15-8-3-2-6(4-12-8)10-13-7(5-16-10)9(11)14/h2-5H,1H3,(H2,11,14). The lowest BCUT2D eigenvalue weighted by molar-refractivity contribution is 0.0995. The van der Waals surface area contributed by atoms with Crippen LogP contribution < -0.4 is 10.5 Å². The molecule has 2 aromatic heterocycles. The molecule has 82 valence electrons. The van der Waals surface area contributed by atoms with Crippen LogP contribution in [0.2, 0.25) is 0 Å². The summed E-state index contributed by atoms with van der Waals surface area (Å²) >= 11 is 0. The molecule has 0 radical (unpaired) electrons. The lowest BCUT2D eigenvalue weighted by atomic mass is 10.3. The molecule has 2 rings (SSSR count). The van der Waals surface area contributed by atoms with E-state index in [1.54, 1.807) is 12.1 Å². The van der Waals surface area contributed by atoms with Gasteiger partial charge in [0.25, 0.3) is 5.91 Å². The molecule has 0 bridgehead atoms. The first-order valence-corrected chi connectivity index (χ1v) is 4.46. The molecule has 0 aliphatic carbocycles. The summed E-state index contributed by atoms with van der Waals surface area (Å²) < 4.78 is 10.0. The number of nitrogens with two attached hydrogens (primary N) is 1. The first-order valence-electron chi connectivity index (χ1n) is 4.46. The minimum Gasteiger partial charge on any atom is -0.481 e. The van der Waals surface area contributed by atoms with Crippen molar-refractivity contribution in [3.63, 3.8) is 0 Å². The van der Waals surface area contributed by atoms with Crippen molar-refractivity contribution < 1.29 is 13.9 Å². The number of ether oxygens (including phenoxy) is 1. The van der Waals surface area contributed by atoms with Crippen molar-refractivity contribution in [1.82, 2.24) is 9.97 Å². The molecule has 0 aromatic carbocycles. The van der Waals surface area contributed by atoms with Crippen LogP contribution in [0, 0.1) is 0 Å². The number of methoxy groups -OCH3 is 1. The van der Waals surface area contributed by atoms with Crippen LogP contribution in [-0.4, -0.2) is 23.0 Å². The Kier molecular flexibility index (Phi) is 2.55. The highest BCUT2D eigenvalue weighted by Gasteiger charge is 2.10. The van der Waals surface area contributed by atoms with E-state index in [2.05, 4.69) is 9.97 Å². The minimum absolute atomic E-state index is 0.0887. The second-order valence-corrected chi connectivity index (χ2v) is 2.99. The normalized spacial score (nSPS) is 10.1. The van der Waals surface area contributed by atoms with E-state index in [4.69, 9.17) is 14.9 Å². The smallest absolute Gasteiger partial charge is 0.270 e. The van der Waals surface area contributed by atoms with Crippen molar-refractivity contribution in [3.8, 4) is 17.3 Å². The van der Waals surface area contributed by atoms with E-state index < -0.39 is 5.91 Å². The quantitative estimate of drug-likeness (QED) is 0.825. The summed E-state index contributed by atoms with van der Waals surface area (Å²) in [6, 6.07) is 3.39. The first-order chi connectivity index (χ1) is 7.70. The summed E-state index contributed by atoms with van der Waals surface area (Å²) in [6.45, 7) is 0. The van der Waals surface area contributed by atoms with Crippen LogP contribution in [0.4, 0.5) is 0 Å². The fraction of sp³-hybridized carbons (Fsp3) is 0.100. The number of rotatable bonds is 3. The van der Waals surface area contributed by atoms with Crippen LogP contribution in [0.1, 0.15) is 10.5 Å². The maximum atomic E-state index is 10.8. The maximum absolute atomic E-state index is 10.8. The second kappa shape index (κ2) is 4.01. The second-order valence-electron chi connectivity index (χ2n) is 2.99. The molecule has 6 nitrogen and oxygen atoms in total. The van der Waals surface area contributed by atoms with Gasteiger partial charge >= 0.3 is 0 Å². The molecule has 2 aromatic rings. The molecule has 0 saturated carbocycles. The third kappa shape index (κ3) is 1.85. The number of hydrogen-bond donors (Lipinski definition) is 1. The fourth-order valence-corrected chi connectivity index (χ4v) is 1.15. The molecule has 16 heavy (non-hydrogen) atoms. The number of hydrogen-bond acceptors (Lipinski definition) is 5. The largest absolute Gasteiger partial charge is 0.481 e. The Morgan fingerprint density at radius 3 is 2.81 bits per heavy atom. The van der Waals surface area contributed by atoms with Crippen molar-refractivity contribution in [3.05, 3.63) is 30.3 Å². The number of pyridine rings is 1. The molecule has 2 N–H and O–H groups in total. The van der Waals surface area contributed by atoms with Gasteiger partial charge in [-0.3, -0.25) is 4.79 Å². The third-order valence-electron chi connectivity index (χ3n) is 1.95. The van der Waals surface area contributed by atoms with Gasteiger partial charge in [0.15, 0.2) is 5.69 Å². The summed E-state index contributed by atoms with van der Waals surface area (Å²) in [5.41, 5.74) is 5.79. The highest BCUT2D eigenvalue weighted by molar-refractivity contribution is 5.90. The van der Waals surface area contributed by atoms with Gasteiger partial charge in [0.2, 0.25) is 11.8 Å². The van der Waals surface area contributed by atoms with Crippen molar-refractivity contribution in [2.24, 2.45) is 5.73 Å². The zero-order chi connectivity index (χ0) is 11.5. The average molecular weight is 219 g/mol. The summed E-state index contributed by atoms with van der Waals surface area (Å²) in [7, 11) is 1.53. The highest BCUT2D eigenvalue weighted by Crippen LogP contribution is 2.19. The van der Waals surface area contributed by atoms with Crippen LogP contribution >= 0.6 is 0 Å². The Morgan fingerprint density at radius 1 is 1.50 bits per heavy atom. The SMILES string of the molecule is COc1ccc(-c2nc(C(N)=O)co2)cn1. The average Bonchev–Trinajstić information content (AvgIpc) is 2.78. The van der Waals surface area contributed by atoms with Crippen molar-refractivity contribution in [2.75, 3.05) is 7.11 Å². The van der Waals surface area contributed by atoms with E-state index in [9.17, 15) is 4.79 Å². The maximum Gasteiger partial charge on any atom is 0.270 e. The summed E-state index contributed by atoms with van der Waals surface area (Å²) in [4.78, 5) is 18.7. The topological polar surface area (TPSA) is 91.2 Å². The first kappa shape index (κ1) is 10.2. The monoisotopic (exact) mass is 219 g/mol. The number of nitrogens with zero attached hydrogens (tertiary/aromatic N) is 2. The molecule has 2 heterocycles. The Hall–Kier alpha value is -2.37. The summed E-state index contributed by atoms with van der Waals surface area (Å²) in [6.07, 6.45) is 2.75. The number of amides is 1. The molecule has 0 aliphatic heterocycles. The molecule has 0 spiro atoms. The van der Waals surface area contributed by atoms with Crippen LogP contribution in [0.3, 0.4) is 0 Å². The van der Waals surface area contributed by atoms with Crippen molar-refractivity contribution in [1.29, 1.82) is 0 Å². The minimum atomic E-state index is -0.628. The number of primary amides is 1. The molecule has 0 unspecified atom stereocenters. The molecule has 6 heteroatoms. The number of carbonyl (C=O) groups is 1. The lowest BCUT2D eigenvalue weighted by Crippen LogP contribution is -2.10. The lowest BCUT2D eigenvalue weighted by Gasteiger charge is -1.98. The van der Waals surface area contributed by atoms with Gasteiger partial charge < -0.3 is 14.9 Å². The Bertz CT molecular complexity index is 504. The predicted molar refractivity (Wildman–Crippen MR) is 54.8 cm³/mol. The predicted octanol–water partition coefficient (Wildman–Crippen LogP) is 0.844. The Labute approximate surface area is 91.1 Å². The zero-order valence-electron chi connectivity index (χ0n) is 8.51. The van der Waals surface area contributed by atoms with Crippen LogP contribution in [0.15, 0.2) is 29.0 Å². The van der Waals surface area contributed by atoms with E-state index in [1.807, 2.05) is 0 Å². The molecular formula is C10H9N3O3. The molecule has 1 amide bonds. The van der Waals surface area contributed by atoms with Gasteiger partial charge in [0, 0.05) is 12.3 Å². The van der Waals surface area contributed by atoms with Gasteiger partial charge in [-0.25, -0.2) is 9.97 Å².